The molecule has 26 heavy (non-hydrogen) atoms. The van der Waals surface area contributed by atoms with E-state index in [1.165, 1.54) is 0 Å². The lowest BCUT2D eigenvalue weighted by molar-refractivity contribution is 0.251. The van der Waals surface area contributed by atoms with Gasteiger partial charge in [-0.15, -0.1) is 0 Å². The molecule has 6 heteroatoms. The lowest BCUT2D eigenvalue weighted by Gasteiger charge is -2.12. The second kappa shape index (κ2) is 8.45. The fourth-order valence-corrected chi connectivity index (χ4v) is 2.70. The van der Waals surface area contributed by atoms with Crippen molar-refractivity contribution in [3.8, 4) is 5.75 Å². The lowest BCUT2D eigenvalue weighted by Crippen LogP contribution is -2.29. The monoisotopic (exact) mass is 369 g/mol. The Morgan fingerprint density at radius 3 is 2.50 bits per heavy atom. The molecule has 0 aliphatic heterocycles. The zero-order chi connectivity index (χ0) is 18.4. The number of carbonyl (C=O) groups excluding carboxylic acids is 1. The largest absolute Gasteiger partial charge is 0.497 e. The van der Waals surface area contributed by atoms with E-state index < -0.39 is 0 Å². The molecule has 1 heterocycles. The Bertz CT molecular complexity index is 858. The van der Waals surface area contributed by atoms with Crippen molar-refractivity contribution in [3.05, 3.63) is 83.1 Å². The van der Waals surface area contributed by atoms with Crippen molar-refractivity contribution in [1.82, 2.24) is 9.88 Å². The number of ether oxygens (including phenoxy) is 1. The number of aromatic nitrogens is 1. The smallest absolute Gasteiger partial charge is 0.319 e. The van der Waals surface area contributed by atoms with Crippen LogP contribution in [0.25, 0.3) is 0 Å². The van der Waals surface area contributed by atoms with Crippen molar-refractivity contribution in [2.75, 3.05) is 12.4 Å². The zero-order valence-corrected chi connectivity index (χ0v) is 15.2. The first kappa shape index (κ1) is 17.9. The Kier molecular flexibility index (Phi) is 5.81. The summed E-state index contributed by atoms with van der Waals surface area (Å²) in [6.45, 7) is 1.16. The number of nitrogens with one attached hydrogen (secondary N) is 2. The molecule has 3 aromatic rings. The SMILES string of the molecule is COc1ccc(NC(=O)NCc2cccn2Cc2ccc(Cl)cc2)cc1. The number of rotatable bonds is 6. The van der Waals surface area contributed by atoms with Crippen molar-refractivity contribution < 1.29 is 9.53 Å². The summed E-state index contributed by atoms with van der Waals surface area (Å²) >= 11 is 5.92. The molecule has 2 aromatic carbocycles. The number of nitrogens with zero attached hydrogens (tertiary/aromatic N) is 1. The molecule has 0 aliphatic rings. The van der Waals surface area contributed by atoms with Crippen LogP contribution in [-0.2, 0) is 13.1 Å². The van der Waals surface area contributed by atoms with Crippen LogP contribution in [0.1, 0.15) is 11.3 Å². The zero-order valence-electron chi connectivity index (χ0n) is 14.4. The Balaban J connectivity index is 1.55. The minimum Gasteiger partial charge on any atom is -0.497 e. The van der Waals surface area contributed by atoms with Gasteiger partial charge in [0.05, 0.1) is 13.7 Å². The maximum atomic E-state index is 12.1. The van der Waals surface area contributed by atoms with Crippen molar-refractivity contribution >= 4 is 23.3 Å². The van der Waals surface area contributed by atoms with Gasteiger partial charge in [-0.2, -0.15) is 0 Å². The maximum absolute atomic E-state index is 12.1. The molecule has 0 saturated heterocycles. The van der Waals surface area contributed by atoms with Crippen molar-refractivity contribution in [2.24, 2.45) is 0 Å². The van der Waals surface area contributed by atoms with Crippen LogP contribution in [0.5, 0.6) is 5.75 Å². The summed E-state index contributed by atoms with van der Waals surface area (Å²) in [5.74, 6) is 0.746. The molecule has 0 atom stereocenters. The number of hydrogen-bond acceptors (Lipinski definition) is 2. The van der Waals surface area contributed by atoms with E-state index in [1.54, 1.807) is 31.4 Å². The number of carbonyl (C=O) groups is 1. The fraction of sp³-hybridized carbons (Fsp3) is 0.150. The molecule has 134 valence electrons. The summed E-state index contributed by atoms with van der Waals surface area (Å²) in [6, 6.07) is 18.6. The second-order valence-electron chi connectivity index (χ2n) is 5.79. The topological polar surface area (TPSA) is 55.3 Å². The summed E-state index contributed by atoms with van der Waals surface area (Å²) in [7, 11) is 1.61. The van der Waals surface area contributed by atoms with Crippen molar-refractivity contribution in [3.63, 3.8) is 0 Å². The lowest BCUT2D eigenvalue weighted by atomic mass is 10.2. The van der Waals surface area contributed by atoms with Gasteiger partial charge in [0.1, 0.15) is 5.75 Å². The van der Waals surface area contributed by atoms with Crippen LogP contribution >= 0.6 is 11.6 Å². The minimum absolute atomic E-state index is 0.255. The molecule has 0 bridgehead atoms. The molecule has 5 nitrogen and oxygen atoms in total. The number of halogens is 1. The number of amides is 2. The van der Waals surface area contributed by atoms with E-state index in [1.807, 2.05) is 42.6 Å². The molecule has 0 unspecified atom stereocenters. The van der Waals surface area contributed by atoms with Gasteiger partial charge in [0.15, 0.2) is 0 Å². The number of methoxy groups -OCH3 is 1. The first-order chi connectivity index (χ1) is 12.6. The molecular formula is C20H20ClN3O2. The van der Waals surface area contributed by atoms with E-state index in [2.05, 4.69) is 15.2 Å². The molecule has 0 radical (unpaired) electrons. The maximum Gasteiger partial charge on any atom is 0.319 e. The van der Waals surface area contributed by atoms with E-state index >= 15 is 0 Å². The standard InChI is InChI=1S/C20H20ClN3O2/c1-26-19-10-8-17(9-11-19)23-20(25)22-13-18-3-2-12-24(18)14-15-4-6-16(21)7-5-15/h2-12H,13-14H2,1H3,(H2,22,23,25). The first-order valence-corrected chi connectivity index (χ1v) is 8.59. The second-order valence-corrected chi connectivity index (χ2v) is 6.23. The number of hydrogen-bond donors (Lipinski definition) is 2. The van der Waals surface area contributed by atoms with E-state index in [-0.39, 0.29) is 6.03 Å². The Labute approximate surface area is 157 Å². The average molecular weight is 370 g/mol. The van der Waals surface area contributed by atoms with Crippen molar-refractivity contribution in [1.29, 1.82) is 0 Å². The third kappa shape index (κ3) is 4.80. The van der Waals surface area contributed by atoms with Gasteiger partial charge in [0.2, 0.25) is 0 Å². The third-order valence-electron chi connectivity index (χ3n) is 3.97. The van der Waals surface area contributed by atoms with Crippen LogP contribution in [0.15, 0.2) is 66.9 Å². The molecule has 2 N–H and O–H groups in total. The van der Waals surface area contributed by atoms with Crippen LogP contribution in [0, 0.1) is 0 Å². The molecule has 1 aromatic heterocycles. The predicted octanol–water partition coefficient (Wildman–Crippen LogP) is 4.52. The van der Waals surface area contributed by atoms with E-state index in [4.69, 9.17) is 16.3 Å². The molecule has 0 aliphatic carbocycles. The van der Waals surface area contributed by atoms with E-state index in [0.29, 0.717) is 12.2 Å². The quantitative estimate of drug-likeness (QED) is 0.671. The number of urea groups is 1. The number of benzene rings is 2. The Hall–Kier alpha value is -2.92. The highest BCUT2D eigenvalue weighted by molar-refractivity contribution is 6.30. The Morgan fingerprint density at radius 2 is 1.81 bits per heavy atom. The van der Waals surface area contributed by atoms with Crippen LogP contribution < -0.4 is 15.4 Å². The van der Waals surface area contributed by atoms with Crippen LogP contribution in [-0.4, -0.2) is 17.7 Å². The number of anilines is 1. The molecule has 0 saturated carbocycles. The summed E-state index contributed by atoms with van der Waals surface area (Å²) in [4.78, 5) is 12.1. The highest BCUT2D eigenvalue weighted by Gasteiger charge is 2.06. The predicted molar refractivity (Wildman–Crippen MR) is 104 cm³/mol. The average Bonchev–Trinajstić information content (AvgIpc) is 3.09. The summed E-state index contributed by atoms with van der Waals surface area (Å²) < 4.78 is 7.19. The Morgan fingerprint density at radius 1 is 1.08 bits per heavy atom. The highest BCUT2D eigenvalue weighted by Crippen LogP contribution is 2.15. The molecule has 0 spiro atoms. The van der Waals surface area contributed by atoms with Gasteiger partial charge in [-0.05, 0) is 54.1 Å². The van der Waals surface area contributed by atoms with Gasteiger partial charge < -0.3 is 19.9 Å². The van der Waals surface area contributed by atoms with Crippen LogP contribution in [0.3, 0.4) is 0 Å². The van der Waals surface area contributed by atoms with Gasteiger partial charge in [-0.1, -0.05) is 23.7 Å². The van der Waals surface area contributed by atoms with Gasteiger partial charge in [0.25, 0.3) is 0 Å². The minimum atomic E-state index is -0.255. The van der Waals surface area contributed by atoms with Crippen LogP contribution in [0.4, 0.5) is 10.5 Å². The molecular weight excluding hydrogens is 350 g/mol. The van der Waals surface area contributed by atoms with E-state index in [9.17, 15) is 4.79 Å². The molecule has 0 fully saturated rings. The third-order valence-corrected chi connectivity index (χ3v) is 4.22. The van der Waals surface area contributed by atoms with Gasteiger partial charge in [-0.25, -0.2) is 4.79 Å². The van der Waals surface area contributed by atoms with Gasteiger partial charge >= 0.3 is 6.03 Å². The van der Waals surface area contributed by atoms with Gasteiger partial charge in [0, 0.05) is 29.1 Å². The van der Waals surface area contributed by atoms with Crippen molar-refractivity contribution in [2.45, 2.75) is 13.1 Å². The fourth-order valence-electron chi connectivity index (χ4n) is 2.57. The highest BCUT2D eigenvalue weighted by atomic mass is 35.5. The molecule has 3 rings (SSSR count). The van der Waals surface area contributed by atoms with E-state index in [0.717, 1.165) is 28.6 Å². The summed E-state index contributed by atoms with van der Waals surface area (Å²) in [6.07, 6.45) is 1.99. The van der Waals surface area contributed by atoms with Crippen LogP contribution in [0.2, 0.25) is 5.02 Å². The summed E-state index contributed by atoms with van der Waals surface area (Å²) in [5.41, 5.74) is 2.87. The normalized spacial score (nSPS) is 10.4. The first-order valence-electron chi connectivity index (χ1n) is 8.21. The van der Waals surface area contributed by atoms with Gasteiger partial charge in [-0.3, -0.25) is 0 Å². The molecule has 2 amide bonds. The summed E-state index contributed by atoms with van der Waals surface area (Å²) in [5, 5.41) is 6.40.